The van der Waals surface area contributed by atoms with E-state index in [1.54, 1.807) is 76.3 Å². The van der Waals surface area contributed by atoms with Gasteiger partial charge in [-0.05, 0) is 105 Å². The van der Waals surface area contributed by atoms with E-state index in [0.29, 0.717) is 61.8 Å². The molecule has 0 saturated heterocycles. The quantitative estimate of drug-likeness (QED) is 0.0627. The van der Waals surface area contributed by atoms with Gasteiger partial charge >= 0.3 is 12.1 Å². The molecule has 12 nitrogen and oxygen atoms in total. The number of carbonyl (C=O) groups excluding carboxylic acids is 5. The lowest BCUT2D eigenvalue weighted by Crippen LogP contribution is -2.47. The number of aromatic hydroxyl groups is 1. The third-order valence-electron chi connectivity index (χ3n) is 15.1. The predicted octanol–water partition coefficient (Wildman–Crippen LogP) is 15.6. The van der Waals surface area contributed by atoms with E-state index in [4.69, 9.17) is 0 Å². The summed E-state index contributed by atoms with van der Waals surface area (Å²) in [6, 6.07) is 55.2. The number of Topliss-reactive ketones (excluding diaryl/α,β-unsaturated/α-hetero) is 2. The number of nitrogens with one attached hydrogen (secondary N) is 2. The lowest BCUT2D eigenvalue weighted by Gasteiger charge is -2.28. The number of alkyl halides is 4. The Kier molecular flexibility index (Phi) is 15.7. The van der Waals surface area contributed by atoms with E-state index in [-0.39, 0.29) is 69.5 Å². The van der Waals surface area contributed by atoms with Gasteiger partial charge < -0.3 is 30.3 Å². The van der Waals surface area contributed by atoms with Crippen molar-refractivity contribution >= 4 is 84.9 Å². The van der Waals surface area contributed by atoms with Crippen LogP contribution in [0.3, 0.4) is 0 Å². The number of carboxylic acid groups (broad SMARTS) is 1. The van der Waals surface area contributed by atoms with E-state index >= 15 is 4.39 Å². The topological polar surface area (TPSA) is 175 Å². The van der Waals surface area contributed by atoms with Gasteiger partial charge in [0.25, 0.3) is 17.5 Å². The molecule has 1 atom stereocenters. The normalized spacial score (nSPS) is 15.8. The molecule has 1 unspecified atom stereocenters. The molecule has 3 amide bonds. The molecule has 0 fully saturated rings. The van der Waals surface area contributed by atoms with E-state index in [9.17, 15) is 56.5 Å². The van der Waals surface area contributed by atoms with E-state index in [2.05, 4.69) is 10.6 Å². The number of thiophene rings is 1. The highest BCUT2D eigenvalue weighted by Gasteiger charge is 2.54. The summed E-state index contributed by atoms with van der Waals surface area (Å²) in [5, 5.41) is 25.6. The SMILES string of the molecule is CC(C)/C(=C1\C(=O)N(Cc2cccc(C(=O)O)c2)c2ccccc21)c1ccc(C(F)(F)F)cc1.O=C1CC(=O)c2c(ccn2-c2ccc(-c3ccccc3O)cc2)N1.O=C1Nc2sc(F)c(-c3ccc4ccccc4c3)c2C(=O)C1(F)c1ccccc1. The Hall–Kier alpha value is -10.6. The number of rotatable bonds is 9. The Morgan fingerprint density at radius 1 is 0.678 bits per heavy atom. The van der Waals surface area contributed by atoms with Crippen molar-refractivity contribution in [2.45, 2.75) is 38.7 Å². The number of amides is 3. The Bertz CT molecular complexity index is 4440. The van der Waals surface area contributed by atoms with Crippen molar-refractivity contribution in [1.29, 1.82) is 0 Å². The Morgan fingerprint density at radius 3 is 2.02 bits per heavy atom. The summed E-state index contributed by atoms with van der Waals surface area (Å²) >= 11 is 0.634. The number of carboxylic acids is 1. The van der Waals surface area contributed by atoms with Crippen LogP contribution in [0.2, 0.25) is 0 Å². The van der Waals surface area contributed by atoms with Crippen molar-refractivity contribution in [2.75, 3.05) is 15.5 Å². The molecule has 0 saturated carbocycles. The molecule has 2 aromatic heterocycles. The first-order valence-electron chi connectivity index (χ1n) is 27.2. The molecule has 10 aromatic rings. The van der Waals surface area contributed by atoms with Gasteiger partial charge in [-0.15, -0.1) is 0 Å². The first kappa shape index (κ1) is 58.2. The molecule has 0 spiro atoms. The van der Waals surface area contributed by atoms with Crippen molar-refractivity contribution < 1.29 is 60.9 Å². The highest BCUT2D eigenvalue weighted by Crippen LogP contribution is 2.48. The van der Waals surface area contributed by atoms with E-state index < -0.39 is 40.2 Å². The summed E-state index contributed by atoms with van der Waals surface area (Å²) in [4.78, 5) is 76.0. The van der Waals surface area contributed by atoms with Crippen molar-refractivity contribution in [3.05, 3.63) is 256 Å². The number of benzene rings is 8. The molecule has 434 valence electrons. The summed E-state index contributed by atoms with van der Waals surface area (Å²) in [6.07, 6.45) is -2.81. The number of ketones is 2. The van der Waals surface area contributed by atoms with Crippen molar-refractivity contribution in [3.63, 3.8) is 0 Å². The maximum Gasteiger partial charge on any atom is 0.416 e. The summed E-state index contributed by atoms with van der Waals surface area (Å²) in [5.74, 6) is -3.87. The van der Waals surface area contributed by atoms with Gasteiger partial charge in [0.15, 0.2) is 10.9 Å². The van der Waals surface area contributed by atoms with Gasteiger partial charge in [0.2, 0.25) is 11.7 Å². The number of aromatic carboxylic acids is 1. The predicted molar refractivity (Wildman–Crippen MR) is 324 cm³/mol. The van der Waals surface area contributed by atoms with Crippen LogP contribution in [0.15, 0.2) is 206 Å². The highest BCUT2D eigenvalue weighted by molar-refractivity contribution is 7.15. The fourth-order valence-electron chi connectivity index (χ4n) is 11.0. The second-order valence-electron chi connectivity index (χ2n) is 20.9. The zero-order chi connectivity index (χ0) is 61.5. The molecule has 0 radical (unpaired) electrons. The third kappa shape index (κ3) is 11.2. The smallest absolute Gasteiger partial charge is 0.416 e. The molecule has 3 aliphatic rings. The van der Waals surface area contributed by atoms with Crippen LogP contribution >= 0.6 is 11.3 Å². The molecule has 3 aliphatic heterocycles. The van der Waals surface area contributed by atoms with Gasteiger partial charge in [-0.3, -0.25) is 24.0 Å². The van der Waals surface area contributed by atoms with E-state index in [1.807, 2.05) is 105 Å². The lowest BCUT2D eigenvalue weighted by molar-refractivity contribution is -0.137. The average Bonchev–Trinajstić information content (AvgIpc) is 1.80. The largest absolute Gasteiger partial charge is 0.507 e. The lowest BCUT2D eigenvalue weighted by atomic mass is 9.83. The van der Waals surface area contributed by atoms with Crippen molar-refractivity contribution in [3.8, 4) is 33.7 Å². The number of fused-ring (bicyclic) bond motifs is 4. The second-order valence-corrected chi connectivity index (χ2v) is 21.9. The number of nitrogens with zero attached hydrogens (tertiary/aromatic N) is 2. The van der Waals surface area contributed by atoms with E-state index in [1.165, 1.54) is 36.4 Å². The number of hydrogen-bond acceptors (Lipinski definition) is 8. The Labute approximate surface area is 498 Å². The van der Waals surface area contributed by atoms with Crippen molar-refractivity contribution in [1.82, 2.24) is 4.57 Å². The van der Waals surface area contributed by atoms with E-state index in [0.717, 1.165) is 39.7 Å². The second kappa shape index (κ2) is 23.5. The monoisotopic (exact) mass is 1190 g/mol. The molecule has 5 heterocycles. The van der Waals surface area contributed by atoms with Crippen LogP contribution in [0, 0.1) is 11.0 Å². The average molecular weight is 1190 g/mol. The van der Waals surface area contributed by atoms with Crippen LogP contribution in [-0.2, 0) is 32.8 Å². The molecule has 0 bridgehead atoms. The molecule has 4 N–H and O–H groups in total. The molecule has 18 heteroatoms. The first-order valence-corrected chi connectivity index (χ1v) is 28.0. The van der Waals surface area contributed by atoms with Gasteiger partial charge in [-0.1, -0.05) is 165 Å². The number of phenolic OH excluding ortho intramolecular Hbond substituents is 1. The van der Waals surface area contributed by atoms with Crippen LogP contribution in [0.5, 0.6) is 5.75 Å². The van der Waals surface area contributed by atoms with Crippen LogP contribution in [0.25, 0.3) is 49.9 Å². The van der Waals surface area contributed by atoms with Gasteiger partial charge in [0, 0.05) is 34.1 Å². The zero-order valence-corrected chi connectivity index (χ0v) is 47.0. The number of phenols is 1. The zero-order valence-electron chi connectivity index (χ0n) is 46.2. The Morgan fingerprint density at radius 2 is 1.33 bits per heavy atom. The number of aromatic nitrogens is 1. The maximum atomic E-state index is 15.8. The summed E-state index contributed by atoms with van der Waals surface area (Å²) in [6.45, 7) is 3.96. The first-order chi connectivity index (χ1) is 41.7. The molecular formula is C69H49F5N4O8S. The number of allylic oxidation sites excluding steroid dienone is 1. The number of para-hydroxylation sites is 2. The van der Waals surface area contributed by atoms with Crippen molar-refractivity contribution in [2.24, 2.45) is 5.92 Å². The number of anilines is 3. The maximum absolute atomic E-state index is 15.8. The molecule has 0 aliphatic carbocycles. The molecule has 8 aromatic carbocycles. The van der Waals surface area contributed by atoms with Gasteiger partial charge in [-0.2, -0.15) is 17.6 Å². The minimum atomic E-state index is -4.44. The summed E-state index contributed by atoms with van der Waals surface area (Å²) in [7, 11) is 0. The fraction of sp³-hybridized carbons (Fsp3) is 0.101. The number of hydrogen-bond donors (Lipinski definition) is 4. The molecule has 87 heavy (non-hydrogen) atoms. The van der Waals surface area contributed by atoms with Gasteiger partial charge in [-0.25, -0.2) is 9.18 Å². The minimum Gasteiger partial charge on any atom is -0.507 e. The molecular weight excluding hydrogens is 1140 g/mol. The third-order valence-corrected chi connectivity index (χ3v) is 16.0. The van der Waals surface area contributed by atoms with Crippen LogP contribution in [0.1, 0.15) is 79.3 Å². The van der Waals surface area contributed by atoms with Gasteiger partial charge in [0.1, 0.15) is 16.4 Å². The fourth-order valence-corrected chi connectivity index (χ4v) is 11.9. The van der Waals surface area contributed by atoms with Gasteiger partial charge in [0.05, 0.1) is 46.6 Å². The van der Waals surface area contributed by atoms with Crippen LogP contribution < -0.4 is 15.5 Å². The standard InChI is InChI=1S/C27H22F3NO3.C23H13F2NO2S.C19H14N2O3/c1-16(2)23(18-10-12-20(13-11-18)27(28,29)30)24-21-8-3-4-9-22(21)31(25(24)32)15-17-6-5-7-19(14-17)26(33)34;24-20-17(15-11-10-13-6-4-5-7-14(13)12-15)18-19(27)23(25,16-8-2-1-3-9-16)22(28)26-21(18)29-20;22-16-4-2-1-3-14(16)12-5-7-13(8-6-12)21-10-9-15-19(21)17(23)11-18(24)20-15/h3-14,16H,15H2,1-2H3,(H,33,34);1-12H,(H,26,28);1-10,22H,11H2,(H,20,24)/b24-23+;;. The number of carbonyl (C=O) groups is 6. The summed E-state index contributed by atoms with van der Waals surface area (Å²) in [5.41, 5.74) is 3.91. The van der Waals surface area contributed by atoms with Crippen LogP contribution in [-0.4, -0.2) is 50.0 Å². The molecule has 13 rings (SSSR count). The summed E-state index contributed by atoms with van der Waals surface area (Å²) < 4.78 is 71.7. The number of halogens is 5. The Balaban J connectivity index is 0.000000137. The highest BCUT2D eigenvalue weighted by atomic mass is 32.1. The minimum absolute atomic E-state index is 0.0127. The van der Waals surface area contributed by atoms with Crippen LogP contribution in [0.4, 0.5) is 38.3 Å².